The Kier molecular flexibility index (Phi) is 5.77. The van der Waals surface area contributed by atoms with Gasteiger partial charge in [0.2, 0.25) is 0 Å². The van der Waals surface area contributed by atoms with Gasteiger partial charge >= 0.3 is 0 Å². The molecule has 0 aliphatic carbocycles. The van der Waals surface area contributed by atoms with Crippen LogP contribution in [0.25, 0.3) is 6.08 Å². The van der Waals surface area contributed by atoms with E-state index in [-0.39, 0.29) is 11.1 Å². The number of rotatable bonds is 5. The van der Waals surface area contributed by atoms with E-state index in [1.54, 1.807) is 18.2 Å². The molecule has 7 heteroatoms. The minimum Gasteiger partial charge on any atom is -0.545 e. The molecule has 2 rings (SSSR count). The normalized spacial score (nSPS) is 10.7. The van der Waals surface area contributed by atoms with E-state index in [2.05, 4.69) is 5.32 Å². The van der Waals surface area contributed by atoms with Crippen LogP contribution in [-0.2, 0) is 4.79 Å². The van der Waals surface area contributed by atoms with E-state index in [1.165, 1.54) is 37.5 Å². The fraction of sp³-hybridized carbons (Fsp3) is 0.0556. The van der Waals surface area contributed by atoms with Crippen LogP contribution in [0, 0.1) is 11.3 Å². The van der Waals surface area contributed by atoms with Gasteiger partial charge in [0.05, 0.1) is 18.1 Å². The smallest absolute Gasteiger partial charge is 0.266 e. The highest BCUT2D eigenvalue weighted by Gasteiger charge is 2.10. The van der Waals surface area contributed by atoms with Crippen LogP contribution in [0.2, 0.25) is 5.02 Å². The molecule has 0 aliphatic heterocycles. The van der Waals surface area contributed by atoms with Crippen LogP contribution in [0.3, 0.4) is 0 Å². The van der Waals surface area contributed by atoms with Gasteiger partial charge in [0.25, 0.3) is 5.91 Å². The summed E-state index contributed by atoms with van der Waals surface area (Å²) in [5.41, 5.74) is 0.765. The number of anilines is 1. The van der Waals surface area contributed by atoms with Crippen LogP contribution in [0.15, 0.2) is 48.0 Å². The minimum atomic E-state index is -1.31. The second-order valence-electron chi connectivity index (χ2n) is 4.88. The fourth-order valence-electron chi connectivity index (χ4n) is 1.98. The zero-order chi connectivity index (χ0) is 18.4. The standard InChI is InChI=1S/C18H13ClN2O4/c1-25-16-7-2-11(9-15(16)19)8-13(10-20)17(22)21-14-5-3-12(4-6-14)18(23)24/h2-9H,1H3,(H,21,22)(H,23,24)/p-1/b13-8+. The van der Waals surface area contributed by atoms with Gasteiger partial charge in [0.1, 0.15) is 17.4 Å². The first kappa shape index (κ1) is 18.0. The van der Waals surface area contributed by atoms with Crippen LogP contribution in [-0.4, -0.2) is 19.0 Å². The second-order valence-corrected chi connectivity index (χ2v) is 5.29. The number of amides is 1. The Morgan fingerprint density at radius 2 is 1.92 bits per heavy atom. The first-order valence-corrected chi connectivity index (χ1v) is 7.40. The minimum absolute atomic E-state index is 0.0121. The third kappa shape index (κ3) is 4.59. The molecule has 0 bridgehead atoms. The summed E-state index contributed by atoms with van der Waals surface area (Å²) >= 11 is 6.02. The van der Waals surface area contributed by atoms with Gasteiger partial charge in [-0.25, -0.2) is 0 Å². The van der Waals surface area contributed by atoms with Gasteiger partial charge in [-0.3, -0.25) is 4.79 Å². The van der Waals surface area contributed by atoms with Crippen molar-refractivity contribution in [3.63, 3.8) is 0 Å². The maximum Gasteiger partial charge on any atom is 0.266 e. The lowest BCUT2D eigenvalue weighted by molar-refractivity contribution is -0.255. The summed E-state index contributed by atoms with van der Waals surface area (Å²) in [4.78, 5) is 22.9. The molecule has 0 atom stereocenters. The Balaban J connectivity index is 2.19. The molecule has 1 N–H and O–H groups in total. The number of nitrogens with one attached hydrogen (secondary N) is 1. The molecule has 0 heterocycles. The van der Waals surface area contributed by atoms with Crippen molar-refractivity contribution in [3.8, 4) is 11.8 Å². The lowest BCUT2D eigenvalue weighted by atomic mass is 10.1. The predicted molar refractivity (Wildman–Crippen MR) is 91.0 cm³/mol. The number of hydrogen-bond donors (Lipinski definition) is 1. The van der Waals surface area contributed by atoms with E-state index < -0.39 is 11.9 Å². The summed E-state index contributed by atoms with van der Waals surface area (Å²) in [6.07, 6.45) is 1.39. The maximum absolute atomic E-state index is 12.2. The summed E-state index contributed by atoms with van der Waals surface area (Å²) in [6, 6.07) is 12.1. The number of aromatic carboxylic acids is 1. The van der Waals surface area contributed by atoms with Crippen molar-refractivity contribution in [2.45, 2.75) is 0 Å². The Bertz CT molecular complexity index is 883. The number of nitriles is 1. The molecule has 0 unspecified atom stereocenters. The van der Waals surface area contributed by atoms with E-state index in [4.69, 9.17) is 16.3 Å². The number of carbonyl (C=O) groups is 2. The average molecular weight is 356 g/mol. The lowest BCUT2D eigenvalue weighted by Crippen LogP contribution is -2.22. The SMILES string of the molecule is COc1ccc(/C=C(\C#N)C(=O)Nc2ccc(C(=O)[O-])cc2)cc1Cl. The number of ether oxygens (including phenoxy) is 1. The van der Waals surface area contributed by atoms with Crippen molar-refractivity contribution >= 4 is 35.2 Å². The van der Waals surface area contributed by atoms with Gasteiger partial charge in [-0.2, -0.15) is 5.26 Å². The summed E-state index contributed by atoms with van der Waals surface area (Å²) in [6.45, 7) is 0. The number of nitrogens with zero attached hydrogens (tertiary/aromatic N) is 1. The molecule has 0 aromatic heterocycles. The molecule has 25 heavy (non-hydrogen) atoms. The average Bonchev–Trinajstić information content (AvgIpc) is 2.60. The van der Waals surface area contributed by atoms with Crippen LogP contribution in [0.5, 0.6) is 5.75 Å². The zero-order valence-corrected chi connectivity index (χ0v) is 13.8. The fourth-order valence-corrected chi connectivity index (χ4v) is 2.24. The quantitative estimate of drug-likeness (QED) is 0.654. The predicted octanol–water partition coefficient (Wildman–Crippen LogP) is 2.26. The zero-order valence-electron chi connectivity index (χ0n) is 13.1. The number of carboxylic acid groups (broad SMARTS) is 1. The van der Waals surface area contributed by atoms with Gasteiger partial charge in [-0.15, -0.1) is 0 Å². The third-order valence-electron chi connectivity index (χ3n) is 3.23. The number of halogens is 1. The van der Waals surface area contributed by atoms with Crippen molar-refractivity contribution < 1.29 is 19.4 Å². The van der Waals surface area contributed by atoms with Crippen molar-refractivity contribution in [3.05, 3.63) is 64.2 Å². The van der Waals surface area contributed by atoms with Crippen molar-refractivity contribution in [1.82, 2.24) is 0 Å². The van der Waals surface area contributed by atoms with Gasteiger partial charge in [-0.05, 0) is 41.5 Å². The summed E-state index contributed by atoms with van der Waals surface area (Å²) < 4.78 is 5.04. The Morgan fingerprint density at radius 3 is 2.44 bits per heavy atom. The molecule has 1 amide bonds. The van der Waals surface area contributed by atoms with E-state index in [0.717, 1.165) is 0 Å². The molecule has 0 spiro atoms. The van der Waals surface area contributed by atoms with E-state index >= 15 is 0 Å². The lowest BCUT2D eigenvalue weighted by Gasteiger charge is -2.07. The maximum atomic E-state index is 12.2. The monoisotopic (exact) mass is 355 g/mol. The van der Waals surface area contributed by atoms with Crippen LogP contribution >= 0.6 is 11.6 Å². The summed E-state index contributed by atoms with van der Waals surface area (Å²) in [5.74, 6) is -1.46. The largest absolute Gasteiger partial charge is 0.545 e. The van der Waals surface area contributed by atoms with Crippen molar-refractivity contribution in [2.75, 3.05) is 12.4 Å². The highest BCUT2D eigenvalue weighted by molar-refractivity contribution is 6.32. The van der Waals surface area contributed by atoms with Gasteiger partial charge in [-0.1, -0.05) is 29.8 Å². The van der Waals surface area contributed by atoms with Crippen molar-refractivity contribution in [1.29, 1.82) is 5.26 Å². The molecular weight excluding hydrogens is 344 g/mol. The Hall–Kier alpha value is -3.30. The van der Waals surface area contributed by atoms with Gasteiger partial charge in [0, 0.05) is 5.69 Å². The summed E-state index contributed by atoms with van der Waals surface area (Å²) in [5, 5.41) is 22.8. The molecule has 0 saturated carbocycles. The second kappa shape index (κ2) is 7.99. The Labute approximate surface area is 148 Å². The van der Waals surface area contributed by atoms with E-state index in [9.17, 15) is 20.0 Å². The molecule has 0 fully saturated rings. The van der Waals surface area contributed by atoms with Gasteiger partial charge < -0.3 is 20.0 Å². The highest BCUT2D eigenvalue weighted by atomic mass is 35.5. The first-order valence-electron chi connectivity index (χ1n) is 7.02. The third-order valence-corrected chi connectivity index (χ3v) is 3.53. The van der Waals surface area contributed by atoms with E-state index in [0.29, 0.717) is 22.0 Å². The highest BCUT2D eigenvalue weighted by Crippen LogP contribution is 2.26. The molecule has 2 aromatic rings. The number of benzene rings is 2. The molecule has 6 nitrogen and oxygen atoms in total. The molecular formula is C18H12ClN2O4-. The van der Waals surface area contributed by atoms with E-state index in [1.807, 2.05) is 6.07 Å². The first-order chi connectivity index (χ1) is 11.9. The van der Waals surface area contributed by atoms with Crippen LogP contribution in [0.1, 0.15) is 15.9 Å². The molecule has 0 radical (unpaired) electrons. The summed E-state index contributed by atoms with van der Waals surface area (Å²) in [7, 11) is 1.48. The number of methoxy groups -OCH3 is 1. The van der Waals surface area contributed by atoms with Crippen LogP contribution < -0.4 is 15.2 Å². The Morgan fingerprint density at radius 1 is 1.24 bits per heavy atom. The number of carbonyl (C=O) groups excluding carboxylic acids is 2. The molecule has 0 saturated heterocycles. The molecule has 126 valence electrons. The number of hydrogen-bond acceptors (Lipinski definition) is 5. The topological polar surface area (TPSA) is 102 Å². The molecule has 0 aliphatic rings. The number of carboxylic acids is 1. The van der Waals surface area contributed by atoms with Gasteiger partial charge in [0.15, 0.2) is 0 Å². The molecule has 2 aromatic carbocycles. The van der Waals surface area contributed by atoms with Crippen LogP contribution in [0.4, 0.5) is 5.69 Å². The van der Waals surface area contributed by atoms with Crippen molar-refractivity contribution in [2.24, 2.45) is 0 Å².